The van der Waals surface area contributed by atoms with E-state index in [-0.39, 0.29) is 0 Å². The van der Waals surface area contributed by atoms with Gasteiger partial charge in [-0.25, -0.2) is 0 Å². The third kappa shape index (κ3) is 4.44. The van der Waals surface area contributed by atoms with Gasteiger partial charge < -0.3 is 10.2 Å². The van der Waals surface area contributed by atoms with Crippen molar-refractivity contribution in [2.75, 3.05) is 10.2 Å². The van der Waals surface area contributed by atoms with Crippen LogP contribution in [0.15, 0.2) is 127 Å². The van der Waals surface area contributed by atoms with Crippen molar-refractivity contribution in [3.05, 3.63) is 139 Å². The predicted octanol–water partition coefficient (Wildman–Crippen LogP) is 9.18. The Bertz CT molecular complexity index is 1340. The first-order chi connectivity index (χ1) is 16.7. The molecule has 0 aliphatic rings. The van der Waals surface area contributed by atoms with Crippen molar-refractivity contribution in [2.24, 2.45) is 0 Å². The minimum absolute atomic E-state index is 1.08. The van der Waals surface area contributed by atoms with Gasteiger partial charge in [-0.05, 0) is 85.1 Å². The van der Waals surface area contributed by atoms with Gasteiger partial charge in [-0.2, -0.15) is 0 Å². The van der Waals surface area contributed by atoms with Crippen molar-refractivity contribution in [2.45, 2.75) is 13.8 Å². The maximum absolute atomic E-state index is 3.64. The van der Waals surface area contributed by atoms with Gasteiger partial charge in [0, 0.05) is 34.0 Å². The first kappa shape index (κ1) is 21.5. The third-order valence-electron chi connectivity index (χ3n) is 6.10. The van der Waals surface area contributed by atoms with E-state index in [4.69, 9.17) is 0 Å². The van der Waals surface area contributed by atoms with Crippen LogP contribution in [0.5, 0.6) is 0 Å². The summed E-state index contributed by atoms with van der Waals surface area (Å²) in [5.41, 5.74) is 10.5. The second kappa shape index (κ2) is 9.68. The molecule has 0 spiro atoms. The molecule has 0 aliphatic carbocycles. The van der Waals surface area contributed by atoms with Crippen LogP contribution in [0.25, 0.3) is 11.1 Å². The maximum atomic E-state index is 3.64. The summed E-state index contributed by atoms with van der Waals surface area (Å²) in [4.78, 5) is 2.31. The summed E-state index contributed by atoms with van der Waals surface area (Å²) >= 11 is 0. The van der Waals surface area contributed by atoms with E-state index in [0.717, 1.165) is 28.4 Å². The number of para-hydroxylation sites is 3. The minimum atomic E-state index is 1.08. The Morgan fingerprint density at radius 1 is 0.500 bits per heavy atom. The molecule has 0 atom stereocenters. The lowest BCUT2D eigenvalue weighted by atomic mass is 9.94. The van der Waals surface area contributed by atoms with Gasteiger partial charge in [0.15, 0.2) is 0 Å². The molecule has 0 fully saturated rings. The van der Waals surface area contributed by atoms with Gasteiger partial charge >= 0.3 is 0 Å². The largest absolute Gasteiger partial charge is 0.355 e. The summed E-state index contributed by atoms with van der Waals surface area (Å²) in [7, 11) is 0. The molecule has 2 heteroatoms. The van der Waals surface area contributed by atoms with Crippen LogP contribution in [0.1, 0.15) is 11.1 Å². The summed E-state index contributed by atoms with van der Waals surface area (Å²) in [6.45, 7) is 4.37. The van der Waals surface area contributed by atoms with Crippen molar-refractivity contribution in [1.82, 2.24) is 0 Å². The number of hydrogen-bond acceptors (Lipinski definition) is 2. The molecule has 1 N–H and O–H groups in total. The number of hydrogen-bond donors (Lipinski definition) is 1. The molecular weight excluding hydrogens is 412 g/mol. The first-order valence-corrected chi connectivity index (χ1v) is 11.6. The third-order valence-corrected chi connectivity index (χ3v) is 6.10. The fraction of sp³-hybridized carbons (Fsp3) is 0.0625. The Morgan fingerprint density at radius 2 is 1.09 bits per heavy atom. The summed E-state index contributed by atoms with van der Waals surface area (Å²) < 4.78 is 0. The van der Waals surface area contributed by atoms with Crippen LogP contribution in [0, 0.1) is 13.8 Å². The summed E-state index contributed by atoms with van der Waals surface area (Å²) in [5, 5.41) is 3.64. The van der Waals surface area contributed by atoms with Crippen LogP contribution < -0.4 is 10.2 Å². The zero-order valence-electron chi connectivity index (χ0n) is 19.6. The van der Waals surface area contributed by atoms with Crippen molar-refractivity contribution < 1.29 is 0 Å². The SMILES string of the molecule is Cc1ccc(N(c2ccccc2)c2ccccc2)cc1-c1c(C)cccc1Nc1ccccc1. The standard InChI is InChI=1S/C32H28N2/c1-24-21-22-29(34(27-16-8-4-9-17-27)28-18-10-5-11-19-28)23-30(24)32-25(2)13-12-20-31(32)33-26-14-6-3-7-15-26/h3-23,33H,1-2H3. The number of benzene rings is 5. The smallest absolute Gasteiger partial charge is 0.0468 e. The molecule has 0 saturated heterocycles. The first-order valence-electron chi connectivity index (χ1n) is 11.6. The zero-order chi connectivity index (χ0) is 23.3. The van der Waals surface area contributed by atoms with Gasteiger partial charge in [0.2, 0.25) is 0 Å². The van der Waals surface area contributed by atoms with Crippen molar-refractivity contribution in [3.8, 4) is 11.1 Å². The molecule has 166 valence electrons. The number of anilines is 5. The zero-order valence-corrected chi connectivity index (χ0v) is 19.6. The molecule has 0 amide bonds. The lowest BCUT2D eigenvalue weighted by Crippen LogP contribution is -2.10. The summed E-state index contributed by atoms with van der Waals surface area (Å²) in [6, 6.07) is 44.6. The molecule has 5 rings (SSSR count). The topological polar surface area (TPSA) is 15.3 Å². The predicted molar refractivity (Wildman–Crippen MR) is 146 cm³/mol. The van der Waals surface area contributed by atoms with Crippen LogP contribution >= 0.6 is 0 Å². The van der Waals surface area contributed by atoms with Gasteiger partial charge in [-0.3, -0.25) is 0 Å². The highest BCUT2D eigenvalue weighted by molar-refractivity contribution is 5.88. The van der Waals surface area contributed by atoms with E-state index in [2.05, 4.69) is 145 Å². The number of rotatable bonds is 6. The Labute approximate surface area is 202 Å². The van der Waals surface area contributed by atoms with E-state index < -0.39 is 0 Å². The monoisotopic (exact) mass is 440 g/mol. The molecule has 2 nitrogen and oxygen atoms in total. The van der Waals surface area contributed by atoms with Crippen LogP contribution in [-0.4, -0.2) is 0 Å². The highest BCUT2D eigenvalue weighted by Crippen LogP contribution is 2.40. The van der Waals surface area contributed by atoms with E-state index in [9.17, 15) is 0 Å². The van der Waals surface area contributed by atoms with Crippen molar-refractivity contribution in [3.63, 3.8) is 0 Å². The quantitative estimate of drug-likeness (QED) is 0.283. The molecule has 5 aromatic carbocycles. The molecule has 5 aromatic rings. The van der Waals surface area contributed by atoms with Crippen molar-refractivity contribution >= 4 is 28.4 Å². The maximum Gasteiger partial charge on any atom is 0.0468 e. The molecule has 0 radical (unpaired) electrons. The highest BCUT2D eigenvalue weighted by atomic mass is 15.1. The van der Waals surface area contributed by atoms with E-state index in [1.807, 2.05) is 6.07 Å². The summed E-state index contributed by atoms with van der Waals surface area (Å²) in [6.07, 6.45) is 0. The van der Waals surface area contributed by atoms with E-state index >= 15 is 0 Å². The fourth-order valence-electron chi connectivity index (χ4n) is 4.43. The van der Waals surface area contributed by atoms with Crippen LogP contribution in [0.4, 0.5) is 28.4 Å². The van der Waals surface area contributed by atoms with Gasteiger partial charge in [-0.1, -0.05) is 72.8 Å². The minimum Gasteiger partial charge on any atom is -0.355 e. The molecular formula is C32H28N2. The van der Waals surface area contributed by atoms with Crippen LogP contribution in [-0.2, 0) is 0 Å². The Kier molecular flexibility index (Phi) is 6.13. The molecule has 34 heavy (non-hydrogen) atoms. The average Bonchev–Trinajstić information content (AvgIpc) is 2.88. The fourth-order valence-corrected chi connectivity index (χ4v) is 4.43. The average molecular weight is 441 g/mol. The molecule has 0 unspecified atom stereocenters. The van der Waals surface area contributed by atoms with Gasteiger partial charge in [0.1, 0.15) is 0 Å². The van der Waals surface area contributed by atoms with Crippen LogP contribution in [0.2, 0.25) is 0 Å². The molecule has 0 heterocycles. The normalized spacial score (nSPS) is 10.6. The lowest BCUT2D eigenvalue weighted by Gasteiger charge is -2.27. The number of nitrogens with zero attached hydrogens (tertiary/aromatic N) is 1. The molecule has 0 aliphatic heterocycles. The molecule has 0 saturated carbocycles. The Morgan fingerprint density at radius 3 is 1.71 bits per heavy atom. The second-order valence-corrected chi connectivity index (χ2v) is 8.49. The number of nitrogens with one attached hydrogen (secondary N) is 1. The van der Waals surface area contributed by atoms with Gasteiger partial charge in [0.05, 0.1) is 0 Å². The Balaban J connectivity index is 1.65. The molecule has 0 bridgehead atoms. The lowest BCUT2D eigenvalue weighted by molar-refractivity contribution is 1.27. The van der Waals surface area contributed by atoms with Crippen molar-refractivity contribution in [1.29, 1.82) is 0 Å². The molecule has 0 aromatic heterocycles. The Hall–Kier alpha value is -4.30. The van der Waals surface area contributed by atoms with E-state index in [0.29, 0.717) is 0 Å². The van der Waals surface area contributed by atoms with E-state index in [1.165, 1.54) is 22.3 Å². The second-order valence-electron chi connectivity index (χ2n) is 8.49. The van der Waals surface area contributed by atoms with Gasteiger partial charge in [-0.15, -0.1) is 0 Å². The number of aryl methyl sites for hydroxylation is 2. The highest BCUT2D eigenvalue weighted by Gasteiger charge is 2.16. The van der Waals surface area contributed by atoms with E-state index in [1.54, 1.807) is 0 Å². The summed E-state index contributed by atoms with van der Waals surface area (Å²) in [5.74, 6) is 0. The van der Waals surface area contributed by atoms with Gasteiger partial charge in [0.25, 0.3) is 0 Å². The van der Waals surface area contributed by atoms with Crippen LogP contribution in [0.3, 0.4) is 0 Å².